The van der Waals surface area contributed by atoms with Crippen molar-refractivity contribution in [3.05, 3.63) is 47.5 Å². The number of rotatable bonds is 10. The summed E-state index contributed by atoms with van der Waals surface area (Å²) in [7, 11) is 2.42. The van der Waals surface area contributed by atoms with Gasteiger partial charge in [-0.25, -0.2) is 4.79 Å². The maximum Gasteiger partial charge on any atom is 0.328 e. The van der Waals surface area contributed by atoms with Crippen molar-refractivity contribution >= 4 is 23.8 Å². The van der Waals surface area contributed by atoms with Gasteiger partial charge in [-0.3, -0.25) is 14.4 Å². The van der Waals surface area contributed by atoms with E-state index in [1.54, 1.807) is 0 Å². The molecule has 29 heavy (non-hydrogen) atoms. The zero-order valence-corrected chi connectivity index (χ0v) is 17.2. The molecule has 1 rings (SSSR count). The van der Waals surface area contributed by atoms with Gasteiger partial charge in [0.15, 0.2) is 0 Å². The average Bonchev–Trinajstić information content (AvgIpc) is 2.71. The number of allylic oxidation sites excluding steroid dienone is 1. The minimum Gasteiger partial charge on any atom is -0.468 e. The first-order valence-electron chi connectivity index (χ1n) is 9.26. The summed E-state index contributed by atoms with van der Waals surface area (Å²) >= 11 is 0. The van der Waals surface area contributed by atoms with Crippen LogP contribution >= 0.6 is 0 Å². The Morgan fingerprint density at radius 2 is 1.66 bits per heavy atom. The number of amides is 2. The molecule has 8 nitrogen and oxygen atoms in total. The molecule has 0 saturated carbocycles. The van der Waals surface area contributed by atoms with Crippen molar-refractivity contribution in [2.45, 2.75) is 32.7 Å². The van der Waals surface area contributed by atoms with Crippen LogP contribution in [0.25, 0.3) is 0 Å². The fraction of sp³-hybridized carbons (Fsp3) is 0.429. The van der Waals surface area contributed by atoms with Crippen molar-refractivity contribution in [2.75, 3.05) is 20.8 Å². The van der Waals surface area contributed by atoms with Crippen LogP contribution in [-0.4, -0.2) is 50.6 Å². The first-order chi connectivity index (χ1) is 13.8. The van der Waals surface area contributed by atoms with Gasteiger partial charge in [-0.05, 0) is 17.9 Å². The molecule has 0 radical (unpaired) electrons. The number of nitrogens with one attached hydrogen (secondary N) is 2. The highest BCUT2D eigenvalue weighted by Crippen LogP contribution is 2.09. The van der Waals surface area contributed by atoms with Gasteiger partial charge in [0.2, 0.25) is 0 Å². The first-order valence-corrected chi connectivity index (χ1v) is 9.26. The summed E-state index contributed by atoms with van der Waals surface area (Å²) in [6, 6.07) is 8.15. The van der Waals surface area contributed by atoms with Crippen LogP contribution in [0, 0.1) is 5.92 Å². The number of esters is 2. The normalized spacial score (nSPS) is 12.1. The molecule has 0 heterocycles. The van der Waals surface area contributed by atoms with E-state index in [0.717, 1.165) is 5.56 Å². The van der Waals surface area contributed by atoms with Gasteiger partial charge in [0.05, 0.1) is 14.2 Å². The van der Waals surface area contributed by atoms with E-state index in [-0.39, 0.29) is 24.5 Å². The number of methoxy groups -OCH3 is 2. The Kier molecular flexibility index (Phi) is 10.2. The summed E-state index contributed by atoms with van der Waals surface area (Å²) in [5.74, 6) is -2.51. The topological polar surface area (TPSA) is 111 Å². The van der Waals surface area contributed by atoms with Gasteiger partial charge in [-0.2, -0.15) is 0 Å². The van der Waals surface area contributed by atoms with Crippen LogP contribution in [0.3, 0.4) is 0 Å². The Labute approximate surface area is 170 Å². The van der Waals surface area contributed by atoms with E-state index in [2.05, 4.69) is 15.4 Å². The molecule has 0 unspecified atom stereocenters. The number of ether oxygens (including phenoxy) is 2. The molecule has 0 spiro atoms. The number of benzene rings is 1. The van der Waals surface area contributed by atoms with Crippen molar-refractivity contribution in [1.82, 2.24) is 10.6 Å². The fourth-order valence-electron chi connectivity index (χ4n) is 2.38. The van der Waals surface area contributed by atoms with E-state index in [9.17, 15) is 19.2 Å². The predicted octanol–water partition coefficient (Wildman–Crippen LogP) is 1.15. The zero-order valence-electron chi connectivity index (χ0n) is 17.2. The first kappa shape index (κ1) is 23.9. The van der Waals surface area contributed by atoms with Gasteiger partial charge in [0.25, 0.3) is 11.8 Å². The number of hydrogen-bond donors (Lipinski definition) is 2. The minimum absolute atomic E-state index is 0.176. The van der Waals surface area contributed by atoms with Crippen molar-refractivity contribution in [3.63, 3.8) is 0 Å². The highest BCUT2D eigenvalue weighted by Gasteiger charge is 2.26. The van der Waals surface area contributed by atoms with Crippen LogP contribution in [0.15, 0.2) is 42.0 Å². The number of hydrogen-bond acceptors (Lipinski definition) is 6. The Morgan fingerprint density at radius 1 is 1.00 bits per heavy atom. The van der Waals surface area contributed by atoms with Gasteiger partial charge < -0.3 is 20.1 Å². The summed E-state index contributed by atoms with van der Waals surface area (Å²) in [5, 5.41) is 4.91. The van der Waals surface area contributed by atoms with Gasteiger partial charge in [-0.1, -0.05) is 50.3 Å². The molecule has 1 aromatic rings. The zero-order chi connectivity index (χ0) is 21.8. The molecule has 0 saturated heterocycles. The van der Waals surface area contributed by atoms with Crippen LogP contribution in [0.1, 0.15) is 25.8 Å². The van der Waals surface area contributed by atoms with Gasteiger partial charge in [0, 0.05) is 6.42 Å². The highest BCUT2D eigenvalue weighted by atomic mass is 16.5. The molecule has 1 aromatic carbocycles. The monoisotopic (exact) mass is 404 g/mol. The maximum atomic E-state index is 12.8. The average molecular weight is 404 g/mol. The molecular formula is C21H28N2O6. The maximum absolute atomic E-state index is 12.8. The summed E-state index contributed by atoms with van der Waals surface area (Å²) in [4.78, 5) is 48.6. The third-order valence-corrected chi connectivity index (χ3v) is 3.98. The van der Waals surface area contributed by atoms with E-state index in [1.165, 1.54) is 20.3 Å². The molecule has 2 amide bonds. The van der Waals surface area contributed by atoms with E-state index < -0.39 is 29.8 Å². The third-order valence-electron chi connectivity index (χ3n) is 3.98. The second-order valence-electron chi connectivity index (χ2n) is 6.75. The Balaban J connectivity index is 2.98. The summed E-state index contributed by atoms with van der Waals surface area (Å²) < 4.78 is 9.26. The SMILES string of the molecule is COC(=O)CNC(=O)/C(=C\CC(C)C)C(=O)N[C@@H](Cc1ccccc1)C(=O)OC. The quantitative estimate of drug-likeness (QED) is 0.262. The van der Waals surface area contributed by atoms with Crippen molar-refractivity contribution < 1.29 is 28.7 Å². The van der Waals surface area contributed by atoms with Gasteiger partial charge in [-0.15, -0.1) is 0 Å². The lowest BCUT2D eigenvalue weighted by atomic mass is 10.0. The number of carbonyl (C=O) groups is 4. The minimum atomic E-state index is -0.967. The molecule has 1 atom stereocenters. The van der Waals surface area contributed by atoms with Crippen LogP contribution in [-0.2, 0) is 35.1 Å². The van der Waals surface area contributed by atoms with Crippen molar-refractivity contribution in [1.29, 1.82) is 0 Å². The molecule has 2 N–H and O–H groups in total. The van der Waals surface area contributed by atoms with E-state index in [4.69, 9.17) is 4.74 Å². The van der Waals surface area contributed by atoms with E-state index in [1.807, 2.05) is 44.2 Å². The molecule has 158 valence electrons. The summed E-state index contributed by atoms with van der Waals surface area (Å²) in [6.07, 6.45) is 2.17. The lowest BCUT2D eigenvalue weighted by molar-refractivity contribution is -0.144. The van der Waals surface area contributed by atoms with Gasteiger partial charge >= 0.3 is 11.9 Å². The van der Waals surface area contributed by atoms with E-state index in [0.29, 0.717) is 6.42 Å². The third kappa shape index (κ3) is 8.59. The fourth-order valence-corrected chi connectivity index (χ4v) is 2.38. The summed E-state index contributed by atoms with van der Waals surface area (Å²) in [6.45, 7) is 3.50. The van der Waals surface area contributed by atoms with Crippen molar-refractivity contribution in [2.24, 2.45) is 5.92 Å². The summed E-state index contributed by atoms with van der Waals surface area (Å²) in [5.41, 5.74) is 0.649. The Bertz CT molecular complexity index is 743. The van der Waals surface area contributed by atoms with Crippen LogP contribution < -0.4 is 10.6 Å². The molecule has 0 aliphatic heterocycles. The Hall–Kier alpha value is -3.16. The van der Waals surface area contributed by atoms with Crippen LogP contribution in [0.4, 0.5) is 0 Å². The smallest absolute Gasteiger partial charge is 0.328 e. The number of carbonyl (C=O) groups excluding carboxylic acids is 4. The second kappa shape index (κ2) is 12.3. The van der Waals surface area contributed by atoms with Crippen molar-refractivity contribution in [3.8, 4) is 0 Å². The van der Waals surface area contributed by atoms with Crippen LogP contribution in [0.2, 0.25) is 0 Å². The molecule has 0 bridgehead atoms. The largest absolute Gasteiger partial charge is 0.468 e. The molecule has 0 aliphatic carbocycles. The Morgan fingerprint density at radius 3 is 2.21 bits per heavy atom. The highest BCUT2D eigenvalue weighted by molar-refractivity contribution is 6.19. The molecule has 8 heteroatoms. The van der Waals surface area contributed by atoms with E-state index >= 15 is 0 Å². The molecule has 0 aliphatic rings. The standard InChI is InChI=1S/C21H28N2O6/c1-14(2)10-11-16(19(25)22-13-18(24)28-3)20(26)23-17(21(27)29-4)12-15-8-6-5-7-9-15/h5-9,11,14,17H,10,12-13H2,1-4H3,(H,22,25)(H,23,26)/b16-11+/t17-/m0/s1. The molecular weight excluding hydrogens is 376 g/mol. The van der Waals surface area contributed by atoms with Crippen LogP contribution in [0.5, 0.6) is 0 Å². The molecule has 0 fully saturated rings. The lowest BCUT2D eigenvalue weighted by Crippen LogP contribution is -2.46. The lowest BCUT2D eigenvalue weighted by Gasteiger charge is -2.18. The molecule has 0 aromatic heterocycles. The van der Waals surface area contributed by atoms with Gasteiger partial charge in [0.1, 0.15) is 18.2 Å². The predicted molar refractivity (Wildman–Crippen MR) is 107 cm³/mol. The second-order valence-corrected chi connectivity index (χ2v) is 6.75.